The van der Waals surface area contributed by atoms with E-state index in [1.807, 2.05) is 19.1 Å². The quantitative estimate of drug-likeness (QED) is 0.422. The summed E-state index contributed by atoms with van der Waals surface area (Å²) in [6.07, 6.45) is 1.56. The summed E-state index contributed by atoms with van der Waals surface area (Å²) in [7, 11) is 1.67. The smallest absolute Gasteiger partial charge is 0.266 e. The third-order valence-electron chi connectivity index (χ3n) is 6.36. The van der Waals surface area contributed by atoms with Gasteiger partial charge in [-0.3, -0.25) is 4.79 Å². The van der Waals surface area contributed by atoms with Crippen LogP contribution < -0.4 is 19.9 Å². The largest absolute Gasteiger partial charge is 0.497 e. The summed E-state index contributed by atoms with van der Waals surface area (Å²) in [5.74, 6) is 1.07. The van der Waals surface area contributed by atoms with Crippen LogP contribution in [0, 0.1) is 19.7 Å². The molecule has 1 aliphatic heterocycles. The van der Waals surface area contributed by atoms with Gasteiger partial charge in [-0.15, -0.1) is 11.3 Å². The van der Waals surface area contributed by atoms with E-state index in [-0.39, 0.29) is 11.7 Å². The number of halogens is 1. The highest BCUT2D eigenvalue weighted by atomic mass is 32.1. The van der Waals surface area contributed by atoms with Gasteiger partial charge in [0.15, 0.2) is 0 Å². The minimum absolute atomic E-state index is 0.274. The molecule has 7 nitrogen and oxygen atoms in total. The molecule has 4 aromatic rings. The fourth-order valence-electron chi connectivity index (χ4n) is 4.34. The number of thiophene rings is 1. The monoisotopic (exact) mass is 491 g/mol. The Bertz CT molecular complexity index is 1380. The molecule has 0 bridgehead atoms. The number of aryl methyl sites for hydroxylation is 2. The summed E-state index contributed by atoms with van der Waals surface area (Å²) in [6.45, 7) is 6.92. The molecular weight excluding hydrogens is 465 g/mol. The zero-order valence-electron chi connectivity index (χ0n) is 19.8. The van der Waals surface area contributed by atoms with Crippen LogP contribution in [0.15, 0.2) is 48.8 Å². The van der Waals surface area contributed by atoms with Gasteiger partial charge in [-0.1, -0.05) is 6.07 Å². The number of nitrogens with zero attached hydrogens (tertiary/aromatic N) is 4. The zero-order chi connectivity index (χ0) is 24.5. The second kappa shape index (κ2) is 9.50. The molecule has 35 heavy (non-hydrogen) atoms. The molecule has 0 atom stereocenters. The molecular formula is C26H26FN5O2S. The van der Waals surface area contributed by atoms with Gasteiger partial charge in [-0.05, 0) is 61.4 Å². The normalized spacial score (nSPS) is 13.8. The lowest BCUT2D eigenvalue weighted by atomic mass is 10.1. The van der Waals surface area contributed by atoms with Crippen LogP contribution in [0.25, 0.3) is 10.2 Å². The van der Waals surface area contributed by atoms with Gasteiger partial charge in [0.25, 0.3) is 5.91 Å². The molecule has 0 radical (unpaired) electrons. The Kier molecular flexibility index (Phi) is 6.25. The number of methoxy groups -OCH3 is 1. The molecule has 0 unspecified atom stereocenters. The fourth-order valence-corrected chi connectivity index (χ4v) is 5.38. The van der Waals surface area contributed by atoms with E-state index in [4.69, 9.17) is 4.74 Å². The van der Waals surface area contributed by atoms with E-state index >= 15 is 0 Å². The summed E-state index contributed by atoms with van der Waals surface area (Å²) in [6, 6.07) is 12.8. The molecule has 9 heteroatoms. The maximum atomic E-state index is 13.9. The lowest BCUT2D eigenvalue weighted by Gasteiger charge is -2.37. The molecule has 1 N–H and O–H groups in total. The number of rotatable bonds is 5. The number of fused-ring (bicyclic) bond motifs is 1. The molecule has 1 aliphatic rings. The highest BCUT2D eigenvalue weighted by Crippen LogP contribution is 2.36. The number of carbonyl (C=O) groups excluding carboxylic acids is 1. The number of ether oxygens (including phenoxy) is 1. The third kappa shape index (κ3) is 4.51. The number of amides is 1. The average Bonchev–Trinajstić information content (AvgIpc) is 3.23. The Morgan fingerprint density at radius 3 is 2.43 bits per heavy atom. The molecule has 1 saturated heterocycles. The maximum Gasteiger partial charge on any atom is 0.266 e. The highest BCUT2D eigenvalue weighted by molar-refractivity contribution is 7.20. The van der Waals surface area contributed by atoms with Crippen molar-refractivity contribution >= 4 is 44.7 Å². The molecule has 3 heterocycles. The zero-order valence-corrected chi connectivity index (χ0v) is 20.7. The van der Waals surface area contributed by atoms with E-state index in [1.165, 1.54) is 17.4 Å². The first-order valence-electron chi connectivity index (χ1n) is 11.4. The van der Waals surface area contributed by atoms with Gasteiger partial charge in [0.05, 0.1) is 17.4 Å². The Morgan fingerprint density at radius 2 is 1.74 bits per heavy atom. The summed E-state index contributed by atoms with van der Waals surface area (Å²) < 4.78 is 19.2. The van der Waals surface area contributed by atoms with Crippen LogP contribution in [0.4, 0.5) is 21.6 Å². The Balaban J connectivity index is 1.36. The van der Waals surface area contributed by atoms with Crippen molar-refractivity contribution in [3.8, 4) is 5.75 Å². The molecule has 0 aliphatic carbocycles. The molecule has 1 fully saturated rings. The first-order chi connectivity index (χ1) is 16.9. The predicted octanol–water partition coefficient (Wildman–Crippen LogP) is 5.03. The number of hydrogen-bond acceptors (Lipinski definition) is 7. The minimum atomic E-state index is -0.349. The number of piperazine rings is 1. The van der Waals surface area contributed by atoms with Crippen molar-refractivity contribution in [1.82, 2.24) is 9.97 Å². The lowest BCUT2D eigenvalue weighted by molar-refractivity contribution is 0.103. The first kappa shape index (κ1) is 23.0. The van der Waals surface area contributed by atoms with Crippen LogP contribution in [-0.4, -0.2) is 49.2 Å². The third-order valence-corrected chi connectivity index (χ3v) is 7.56. The fraction of sp³-hybridized carbons (Fsp3) is 0.269. The Labute approximate surface area is 207 Å². The van der Waals surface area contributed by atoms with Crippen LogP contribution >= 0.6 is 11.3 Å². The number of benzene rings is 2. The summed E-state index contributed by atoms with van der Waals surface area (Å²) in [4.78, 5) is 28.0. The Hall–Kier alpha value is -3.72. The lowest BCUT2D eigenvalue weighted by Crippen LogP contribution is -2.46. The molecule has 180 valence electrons. The molecule has 2 aromatic heterocycles. The SMILES string of the molecule is COc1ccc(N2CCN(c3ncnc4sc(C(=O)Nc5ccc(C)c(F)c5)c(C)c34)CC2)cc1. The molecule has 5 rings (SSSR count). The van der Waals surface area contributed by atoms with Crippen LogP contribution in [0.5, 0.6) is 5.75 Å². The van der Waals surface area contributed by atoms with E-state index < -0.39 is 0 Å². The van der Waals surface area contributed by atoms with Gasteiger partial charge in [0.2, 0.25) is 0 Å². The molecule has 1 amide bonds. The summed E-state index contributed by atoms with van der Waals surface area (Å²) in [5, 5.41) is 3.71. The predicted molar refractivity (Wildman–Crippen MR) is 139 cm³/mol. The van der Waals surface area contributed by atoms with Crippen LogP contribution in [0.1, 0.15) is 20.8 Å². The van der Waals surface area contributed by atoms with Crippen LogP contribution in [-0.2, 0) is 0 Å². The number of carbonyl (C=O) groups is 1. The topological polar surface area (TPSA) is 70.6 Å². The number of aromatic nitrogens is 2. The van der Waals surface area contributed by atoms with Crippen molar-refractivity contribution in [1.29, 1.82) is 0 Å². The van der Waals surface area contributed by atoms with E-state index in [2.05, 4.69) is 37.2 Å². The summed E-state index contributed by atoms with van der Waals surface area (Å²) >= 11 is 1.33. The van der Waals surface area contributed by atoms with Crippen LogP contribution in [0.3, 0.4) is 0 Å². The van der Waals surface area contributed by atoms with Crippen molar-refractivity contribution in [3.63, 3.8) is 0 Å². The number of hydrogen-bond donors (Lipinski definition) is 1. The van der Waals surface area contributed by atoms with E-state index in [0.717, 1.165) is 59.2 Å². The van der Waals surface area contributed by atoms with Crippen LogP contribution in [0.2, 0.25) is 0 Å². The Morgan fingerprint density at radius 1 is 1.03 bits per heavy atom. The van der Waals surface area contributed by atoms with Gasteiger partial charge >= 0.3 is 0 Å². The van der Waals surface area contributed by atoms with Gasteiger partial charge in [-0.25, -0.2) is 14.4 Å². The van der Waals surface area contributed by atoms with Crippen molar-refractivity contribution < 1.29 is 13.9 Å². The number of anilines is 3. The maximum absolute atomic E-state index is 13.9. The van der Waals surface area contributed by atoms with E-state index in [9.17, 15) is 9.18 Å². The van der Waals surface area contributed by atoms with Crippen molar-refractivity contribution in [3.05, 3.63) is 70.6 Å². The van der Waals surface area contributed by atoms with Gasteiger partial charge in [0, 0.05) is 37.6 Å². The minimum Gasteiger partial charge on any atom is -0.497 e. The van der Waals surface area contributed by atoms with Gasteiger partial charge < -0.3 is 19.9 Å². The first-order valence-corrected chi connectivity index (χ1v) is 12.2. The summed E-state index contributed by atoms with van der Waals surface area (Å²) in [5.41, 5.74) is 2.96. The van der Waals surface area contributed by atoms with E-state index in [1.54, 1.807) is 32.5 Å². The van der Waals surface area contributed by atoms with Crippen molar-refractivity contribution in [2.75, 3.05) is 48.4 Å². The molecule has 0 spiro atoms. The highest BCUT2D eigenvalue weighted by Gasteiger charge is 2.25. The van der Waals surface area contributed by atoms with Gasteiger partial charge in [-0.2, -0.15) is 0 Å². The number of nitrogens with one attached hydrogen (secondary N) is 1. The standard InChI is InChI=1S/C26H26FN5O2S/c1-16-4-5-18(14-21(16)27)30-25(33)23-17(2)22-24(28-15-29-26(22)35-23)32-12-10-31(11-13-32)19-6-8-20(34-3)9-7-19/h4-9,14-15H,10-13H2,1-3H3,(H,30,33). The van der Waals surface area contributed by atoms with Crippen molar-refractivity contribution in [2.45, 2.75) is 13.8 Å². The molecule has 2 aromatic carbocycles. The second-order valence-electron chi connectivity index (χ2n) is 8.52. The average molecular weight is 492 g/mol. The van der Waals surface area contributed by atoms with Crippen molar-refractivity contribution in [2.24, 2.45) is 0 Å². The molecule has 0 saturated carbocycles. The van der Waals surface area contributed by atoms with E-state index in [0.29, 0.717) is 16.1 Å². The van der Waals surface area contributed by atoms with Gasteiger partial charge in [0.1, 0.15) is 28.5 Å². The second-order valence-corrected chi connectivity index (χ2v) is 9.52.